The van der Waals surface area contributed by atoms with Crippen molar-refractivity contribution in [3.05, 3.63) is 130 Å². The molecule has 298 valence electrons. The zero-order valence-electron chi connectivity index (χ0n) is 36.2. The minimum absolute atomic E-state index is 0.168. The first-order chi connectivity index (χ1) is 26.7. The molecule has 0 saturated heterocycles. The summed E-state index contributed by atoms with van der Waals surface area (Å²) in [4.78, 5) is 16.1. The number of nitrogens with zero attached hydrogens (tertiary/aromatic N) is 2. The lowest BCUT2D eigenvalue weighted by Gasteiger charge is -2.33. The Kier molecular flexibility index (Phi) is 15.0. The Labute approximate surface area is 339 Å². The molecule has 4 heteroatoms. The van der Waals surface area contributed by atoms with E-state index in [0.717, 1.165) is 49.2 Å². The van der Waals surface area contributed by atoms with Crippen LogP contribution in [0.5, 0.6) is 0 Å². The van der Waals surface area contributed by atoms with Crippen LogP contribution in [0.4, 0.5) is 17.1 Å². The predicted molar refractivity (Wildman–Crippen MR) is 237 cm³/mol. The maximum absolute atomic E-state index is 13.7. The number of carbonyl (C=O) groups excluding carboxylic acids is 1. The molecule has 5 rings (SSSR count). The average molecular weight is 753 g/mol. The van der Waals surface area contributed by atoms with Crippen LogP contribution in [0, 0.1) is 51.4 Å². The van der Waals surface area contributed by atoms with Crippen molar-refractivity contribution in [2.45, 2.75) is 121 Å². The predicted octanol–water partition coefficient (Wildman–Crippen LogP) is 12.6. The summed E-state index contributed by atoms with van der Waals surface area (Å²) in [5, 5.41) is 13.7. The van der Waals surface area contributed by atoms with Gasteiger partial charge in [0.15, 0.2) is 5.78 Å². The first-order valence-electron chi connectivity index (χ1n) is 21.5. The van der Waals surface area contributed by atoms with Crippen molar-refractivity contribution in [2.24, 2.45) is 23.7 Å². The van der Waals surface area contributed by atoms with E-state index in [1.54, 1.807) is 0 Å². The van der Waals surface area contributed by atoms with Crippen LogP contribution >= 0.6 is 0 Å². The summed E-state index contributed by atoms with van der Waals surface area (Å²) < 4.78 is 2.40. The highest BCUT2D eigenvalue weighted by molar-refractivity contribution is 6.39. The summed E-state index contributed by atoms with van der Waals surface area (Å²) in [5.74, 6) is 2.41. The van der Waals surface area contributed by atoms with Crippen LogP contribution in [0.2, 0.25) is 0 Å². The van der Waals surface area contributed by atoms with Crippen molar-refractivity contribution in [1.29, 1.82) is 0 Å². The Hall–Kier alpha value is -4.44. The number of Topliss-reactive ketones (excluding diaryl/α,β-unsaturated/α-hetero) is 1. The standard InChI is InChI=1S/C52H68N2O2/c1-35(2)13-11-15-37(5)29-31-53(47-27-17-39(7)33-41(47)9)45-23-19-43(20-24-45)49-51(55)50(52(49)56)44-21-25-46(26-22-44)54(48-28-18-40(8)34-42(48)10)32-30-38(6)16-12-14-36(3)4/h17-28,33-38H,11-16,29-32H2,1-10H3. The van der Waals surface area contributed by atoms with E-state index in [0.29, 0.717) is 23.0 Å². The fraction of sp³-hybridized carbons (Fsp3) is 0.462. The summed E-state index contributed by atoms with van der Waals surface area (Å²) in [7, 11) is 0. The molecule has 0 fully saturated rings. The molecule has 0 bridgehead atoms. The minimum atomic E-state index is -0.168. The Balaban J connectivity index is 1.36. The molecule has 0 spiro atoms. The van der Waals surface area contributed by atoms with Crippen LogP contribution in [-0.2, 0) is 4.79 Å². The van der Waals surface area contributed by atoms with Gasteiger partial charge in [0.2, 0.25) is 11.4 Å². The molecule has 0 aliphatic heterocycles. The molecule has 0 heterocycles. The number of aryl methyl sites for hydroxylation is 4. The van der Waals surface area contributed by atoms with Gasteiger partial charge in [-0.05, 0) is 111 Å². The van der Waals surface area contributed by atoms with Gasteiger partial charge in [0.1, 0.15) is 6.54 Å². The van der Waals surface area contributed by atoms with Gasteiger partial charge in [-0.3, -0.25) is 4.79 Å². The number of benzene rings is 3. The van der Waals surface area contributed by atoms with Crippen molar-refractivity contribution < 1.29 is 14.5 Å². The van der Waals surface area contributed by atoms with Gasteiger partial charge >= 0.3 is 0 Å². The SMILES string of the molecule is Cc1ccc(N(CCC(C)CCCC(C)C)c2ccc(C3=C([O-])C(=C4C=CC(=[N+](CCC(C)CCCC(C)C)c5ccc(C)cc5C)C=C4)C3=O)cc2)c(C)c1. The zero-order chi connectivity index (χ0) is 40.5. The van der Waals surface area contributed by atoms with Crippen molar-refractivity contribution >= 4 is 34.1 Å². The lowest BCUT2D eigenvalue weighted by molar-refractivity contribution is -0.441. The highest BCUT2D eigenvalue weighted by Gasteiger charge is 2.31. The van der Waals surface area contributed by atoms with Crippen LogP contribution in [-0.4, -0.2) is 29.2 Å². The number of hydrogen-bond donors (Lipinski definition) is 0. The van der Waals surface area contributed by atoms with Gasteiger partial charge in [0.25, 0.3) is 0 Å². The molecule has 0 radical (unpaired) electrons. The largest absolute Gasteiger partial charge is 0.871 e. The fourth-order valence-corrected chi connectivity index (χ4v) is 8.26. The van der Waals surface area contributed by atoms with Gasteiger partial charge in [0, 0.05) is 59.3 Å². The molecule has 2 aliphatic carbocycles. The summed E-state index contributed by atoms with van der Waals surface area (Å²) >= 11 is 0. The Morgan fingerprint density at radius 3 is 1.75 bits per heavy atom. The molecule has 0 saturated carbocycles. The molecule has 2 atom stereocenters. The maximum Gasteiger partial charge on any atom is 0.208 e. The Bertz CT molecular complexity index is 1980. The van der Waals surface area contributed by atoms with E-state index in [1.165, 1.54) is 72.2 Å². The highest BCUT2D eigenvalue weighted by Crippen LogP contribution is 2.39. The summed E-state index contributed by atoms with van der Waals surface area (Å²) in [6.45, 7) is 24.4. The first kappa shape index (κ1) is 42.7. The van der Waals surface area contributed by atoms with Crippen LogP contribution in [0.15, 0.2) is 102 Å². The lowest BCUT2D eigenvalue weighted by atomic mass is 9.80. The first-order valence-corrected chi connectivity index (χ1v) is 21.5. The Morgan fingerprint density at radius 1 is 0.625 bits per heavy atom. The second kappa shape index (κ2) is 19.6. The lowest BCUT2D eigenvalue weighted by Crippen LogP contribution is -2.30. The maximum atomic E-state index is 13.7. The third-order valence-corrected chi connectivity index (χ3v) is 11.8. The van der Waals surface area contributed by atoms with E-state index in [9.17, 15) is 9.90 Å². The molecule has 0 aromatic heterocycles. The zero-order valence-corrected chi connectivity index (χ0v) is 36.2. The monoisotopic (exact) mass is 753 g/mol. The highest BCUT2D eigenvalue weighted by atomic mass is 16.3. The van der Waals surface area contributed by atoms with Gasteiger partial charge in [-0.1, -0.05) is 127 Å². The molecular formula is C52H68N2O2. The molecule has 2 aliphatic rings. The van der Waals surface area contributed by atoms with E-state index in [2.05, 4.69) is 139 Å². The second-order valence-electron chi connectivity index (χ2n) is 17.8. The van der Waals surface area contributed by atoms with Gasteiger partial charge in [0.05, 0.1) is 0 Å². The van der Waals surface area contributed by atoms with Crippen LogP contribution in [0.25, 0.3) is 5.57 Å². The number of hydrogen-bond acceptors (Lipinski definition) is 3. The topological polar surface area (TPSA) is 46.4 Å². The van der Waals surface area contributed by atoms with E-state index in [1.807, 2.05) is 24.3 Å². The normalized spacial score (nSPS) is 15.3. The Morgan fingerprint density at radius 2 is 1.20 bits per heavy atom. The number of anilines is 2. The molecular weight excluding hydrogens is 685 g/mol. The quantitative estimate of drug-likeness (QED) is 0.0960. The van der Waals surface area contributed by atoms with Gasteiger partial charge in [-0.2, -0.15) is 4.58 Å². The number of ketones is 1. The van der Waals surface area contributed by atoms with Crippen molar-refractivity contribution in [3.63, 3.8) is 0 Å². The molecule has 0 N–H and O–H groups in total. The van der Waals surface area contributed by atoms with Gasteiger partial charge < -0.3 is 10.0 Å². The summed E-state index contributed by atoms with van der Waals surface area (Å²) in [6.07, 6.45) is 17.8. The average Bonchev–Trinajstić information content (AvgIpc) is 3.14. The molecule has 3 aromatic carbocycles. The molecule has 3 aromatic rings. The van der Waals surface area contributed by atoms with Gasteiger partial charge in [-0.15, -0.1) is 0 Å². The summed E-state index contributed by atoms with van der Waals surface area (Å²) in [6, 6.07) is 21.3. The van der Waals surface area contributed by atoms with Crippen molar-refractivity contribution in [1.82, 2.24) is 0 Å². The van der Waals surface area contributed by atoms with Crippen LogP contribution < -0.4 is 10.0 Å². The molecule has 4 nitrogen and oxygen atoms in total. The second-order valence-corrected chi connectivity index (χ2v) is 17.8. The summed E-state index contributed by atoms with van der Waals surface area (Å²) in [5.41, 5.74) is 11.5. The van der Waals surface area contributed by atoms with Crippen molar-refractivity contribution in [2.75, 3.05) is 18.0 Å². The molecule has 56 heavy (non-hydrogen) atoms. The smallest absolute Gasteiger partial charge is 0.208 e. The number of rotatable bonds is 18. The van der Waals surface area contributed by atoms with Crippen LogP contribution in [0.1, 0.15) is 121 Å². The van der Waals surface area contributed by atoms with Gasteiger partial charge in [-0.25, -0.2) is 0 Å². The van der Waals surface area contributed by atoms with Crippen molar-refractivity contribution in [3.8, 4) is 0 Å². The van der Waals surface area contributed by atoms with E-state index in [-0.39, 0.29) is 22.7 Å². The van der Waals surface area contributed by atoms with Crippen LogP contribution in [0.3, 0.4) is 0 Å². The van der Waals surface area contributed by atoms with E-state index >= 15 is 0 Å². The number of allylic oxidation sites excluding steroid dienone is 7. The fourth-order valence-electron chi connectivity index (χ4n) is 8.26. The molecule has 2 unspecified atom stereocenters. The van der Waals surface area contributed by atoms with E-state index in [4.69, 9.17) is 0 Å². The number of carbonyl (C=O) groups is 1. The third-order valence-electron chi connectivity index (χ3n) is 11.8. The molecule has 0 amide bonds. The van der Waals surface area contributed by atoms with E-state index < -0.39 is 0 Å². The third kappa shape index (κ3) is 10.9. The minimum Gasteiger partial charge on any atom is -0.871 e.